The van der Waals surface area contributed by atoms with E-state index in [1.807, 2.05) is 6.20 Å². The predicted octanol–water partition coefficient (Wildman–Crippen LogP) is 0.363. The third-order valence-corrected chi connectivity index (χ3v) is 3.15. The number of nitrogens with one attached hydrogen (secondary N) is 2. The third-order valence-electron chi connectivity index (χ3n) is 3.15. The van der Waals surface area contributed by atoms with E-state index in [1.54, 1.807) is 0 Å². The molecule has 0 unspecified atom stereocenters. The Morgan fingerprint density at radius 1 is 1.27 bits per heavy atom. The summed E-state index contributed by atoms with van der Waals surface area (Å²) in [5.41, 5.74) is 4.16. The number of aromatic nitrogens is 2. The lowest BCUT2D eigenvalue weighted by Crippen LogP contribution is -2.29. The molecule has 0 bridgehead atoms. The van der Waals surface area contributed by atoms with E-state index in [0.717, 1.165) is 39.1 Å². The van der Waals surface area contributed by atoms with Gasteiger partial charge in [-0.25, -0.2) is 0 Å². The Morgan fingerprint density at radius 2 is 2.27 bits per heavy atom. The first-order chi connectivity index (χ1) is 7.45. The molecule has 0 fully saturated rings. The highest BCUT2D eigenvalue weighted by atomic mass is 15.3. The summed E-state index contributed by atoms with van der Waals surface area (Å²) < 4.78 is 2.13. The molecule has 3 heterocycles. The largest absolute Gasteiger partial charge is 0.313 e. The van der Waals surface area contributed by atoms with Crippen LogP contribution >= 0.6 is 0 Å². The number of hydrogen-bond acceptors (Lipinski definition) is 3. The molecule has 3 rings (SSSR count). The van der Waals surface area contributed by atoms with E-state index in [0.29, 0.717) is 0 Å². The van der Waals surface area contributed by atoms with Gasteiger partial charge in [0.25, 0.3) is 0 Å². The summed E-state index contributed by atoms with van der Waals surface area (Å²) in [6, 6.07) is 0. The summed E-state index contributed by atoms with van der Waals surface area (Å²) in [7, 11) is 0. The smallest absolute Gasteiger partial charge is 0.0597 e. The van der Waals surface area contributed by atoms with Crippen LogP contribution in [0.4, 0.5) is 0 Å². The van der Waals surface area contributed by atoms with Gasteiger partial charge in [-0.1, -0.05) is 6.08 Å². The van der Waals surface area contributed by atoms with E-state index in [2.05, 4.69) is 26.5 Å². The molecule has 4 heteroatoms. The van der Waals surface area contributed by atoms with Gasteiger partial charge in [-0.15, -0.1) is 0 Å². The van der Waals surface area contributed by atoms with E-state index in [9.17, 15) is 0 Å². The van der Waals surface area contributed by atoms with Gasteiger partial charge in [0.2, 0.25) is 0 Å². The molecule has 15 heavy (non-hydrogen) atoms. The van der Waals surface area contributed by atoms with E-state index < -0.39 is 0 Å². The van der Waals surface area contributed by atoms with Gasteiger partial charge >= 0.3 is 0 Å². The molecule has 1 aromatic heterocycles. The Balaban J connectivity index is 1.97. The van der Waals surface area contributed by atoms with Crippen LogP contribution in [0.3, 0.4) is 0 Å². The number of fused-ring (bicyclic) bond motifs is 1. The van der Waals surface area contributed by atoms with Crippen molar-refractivity contribution < 1.29 is 0 Å². The van der Waals surface area contributed by atoms with Crippen molar-refractivity contribution in [2.24, 2.45) is 0 Å². The topological polar surface area (TPSA) is 41.9 Å². The van der Waals surface area contributed by atoms with Crippen LogP contribution in [0.1, 0.15) is 17.7 Å². The summed E-state index contributed by atoms with van der Waals surface area (Å²) in [4.78, 5) is 0. The maximum absolute atomic E-state index is 4.45. The van der Waals surface area contributed by atoms with Crippen LogP contribution in [0, 0.1) is 0 Å². The summed E-state index contributed by atoms with van der Waals surface area (Å²) in [6.45, 7) is 5.08. The van der Waals surface area contributed by atoms with Crippen LogP contribution in [0.5, 0.6) is 0 Å². The molecule has 2 aliphatic heterocycles. The maximum Gasteiger partial charge on any atom is 0.0597 e. The van der Waals surface area contributed by atoms with Gasteiger partial charge in [0.15, 0.2) is 0 Å². The number of hydrogen-bond donors (Lipinski definition) is 2. The monoisotopic (exact) mass is 204 g/mol. The zero-order chi connectivity index (χ0) is 10.1. The standard InChI is InChI=1S/C11H16N4/c1-3-12-4-2-9(1)10-7-14-15-6-5-13-8-11(10)15/h1,7,12-13H,2-6,8H2. The zero-order valence-electron chi connectivity index (χ0n) is 8.79. The van der Waals surface area contributed by atoms with Crippen molar-refractivity contribution in [1.82, 2.24) is 20.4 Å². The van der Waals surface area contributed by atoms with Gasteiger partial charge in [0.05, 0.1) is 18.4 Å². The lowest BCUT2D eigenvalue weighted by molar-refractivity contribution is 0.475. The molecule has 0 amide bonds. The molecule has 0 spiro atoms. The minimum absolute atomic E-state index is 0.958. The molecule has 0 saturated heterocycles. The fourth-order valence-electron chi connectivity index (χ4n) is 2.32. The second-order valence-electron chi connectivity index (χ2n) is 4.09. The van der Waals surface area contributed by atoms with E-state index in [-0.39, 0.29) is 0 Å². The Labute approximate surface area is 89.4 Å². The minimum atomic E-state index is 0.958. The molecule has 0 aliphatic carbocycles. The SMILES string of the molecule is C1=C(c2cnn3c2CNCC3)CCNC1. The van der Waals surface area contributed by atoms with Gasteiger partial charge in [0, 0.05) is 25.2 Å². The molecule has 80 valence electrons. The van der Waals surface area contributed by atoms with Crippen LogP contribution in [0.2, 0.25) is 0 Å². The first kappa shape index (κ1) is 9.12. The van der Waals surface area contributed by atoms with Gasteiger partial charge in [-0.2, -0.15) is 5.10 Å². The molecule has 0 aromatic carbocycles. The Kier molecular flexibility index (Phi) is 2.31. The predicted molar refractivity (Wildman–Crippen MR) is 59.4 cm³/mol. The molecular weight excluding hydrogens is 188 g/mol. The lowest BCUT2D eigenvalue weighted by atomic mass is 10.0. The average molecular weight is 204 g/mol. The summed E-state index contributed by atoms with van der Waals surface area (Å²) in [5, 5.41) is 11.2. The van der Waals surface area contributed by atoms with Crippen LogP contribution in [-0.4, -0.2) is 29.4 Å². The first-order valence-corrected chi connectivity index (χ1v) is 5.60. The lowest BCUT2D eigenvalue weighted by Gasteiger charge is -2.19. The molecule has 1 aromatic rings. The molecular formula is C11H16N4. The van der Waals surface area contributed by atoms with Crippen molar-refractivity contribution in [3.8, 4) is 0 Å². The highest BCUT2D eigenvalue weighted by Crippen LogP contribution is 2.24. The first-order valence-electron chi connectivity index (χ1n) is 5.60. The van der Waals surface area contributed by atoms with Crippen molar-refractivity contribution in [2.45, 2.75) is 19.5 Å². The Morgan fingerprint density at radius 3 is 3.13 bits per heavy atom. The van der Waals surface area contributed by atoms with Crippen LogP contribution in [0.25, 0.3) is 5.57 Å². The van der Waals surface area contributed by atoms with Gasteiger partial charge < -0.3 is 10.6 Å². The highest BCUT2D eigenvalue weighted by Gasteiger charge is 2.17. The van der Waals surface area contributed by atoms with Crippen LogP contribution < -0.4 is 10.6 Å². The van der Waals surface area contributed by atoms with Crippen molar-refractivity contribution in [3.05, 3.63) is 23.5 Å². The quantitative estimate of drug-likeness (QED) is 0.694. The number of rotatable bonds is 1. The normalized spacial score (nSPS) is 20.9. The van der Waals surface area contributed by atoms with Gasteiger partial charge in [-0.3, -0.25) is 4.68 Å². The zero-order valence-corrected chi connectivity index (χ0v) is 8.79. The number of nitrogens with zero attached hydrogens (tertiary/aromatic N) is 2. The van der Waals surface area contributed by atoms with E-state index >= 15 is 0 Å². The highest BCUT2D eigenvalue weighted by molar-refractivity contribution is 5.68. The van der Waals surface area contributed by atoms with Crippen molar-refractivity contribution in [2.75, 3.05) is 19.6 Å². The fraction of sp³-hybridized carbons (Fsp3) is 0.545. The summed E-state index contributed by atoms with van der Waals surface area (Å²) in [6.07, 6.45) is 5.44. The second-order valence-corrected chi connectivity index (χ2v) is 4.09. The average Bonchev–Trinajstić information content (AvgIpc) is 2.74. The molecule has 0 radical (unpaired) electrons. The van der Waals surface area contributed by atoms with Crippen molar-refractivity contribution >= 4 is 5.57 Å². The van der Waals surface area contributed by atoms with Crippen LogP contribution in [-0.2, 0) is 13.1 Å². The molecule has 0 saturated carbocycles. The van der Waals surface area contributed by atoms with Crippen molar-refractivity contribution in [3.63, 3.8) is 0 Å². The third kappa shape index (κ3) is 1.60. The summed E-state index contributed by atoms with van der Waals surface area (Å²) in [5.74, 6) is 0. The Hall–Kier alpha value is -1.13. The van der Waals surface area contributed by atoms with Crippen molar-refractivity contribution in [1.29, 1.82) is 0 Å². The van der Waals surface area contributed by atoms with E-state index in [1.165, 1.54) is 16.8 Å². The molecule has 0 atom stereocenters. The Bertz CT molecular complexity index is 391. The van der Waals surface area contributed by atoms with Gasteiger partial charge in [0.1, 0.15) is 0 Å². The maximum atomic E-state index is 4.45. The van der Waals surface area contributed by atoms with E-state index in [4.69, 9.17) is 0 Å². The second kappa shape index (κ2) is 3.79. The fourth-order valence-corrected chi connectivity index (χ4v) is 2.32. The molecule has 4 nitrogen and oxygen atoms in total. The summed E-state index contributed by atoms with van der Waals surface area (Å²) >= 11 is 0. The van der Waals surface area contributed by atoms with Crippen LogP contribution in [0.15, 0.2) is 12.3 Å². The molecule has 2 aliphatic rings. The minimum Gasteiger partial charge on any atom is -0.313 e. The molecule has 2 N–H and O–H groups in total. The van der Waals surface area contributed by atoms with Gasteiger partial charge in [-0.05, 0) is 18.5 Å².